The Kier molecular flexibility index (Phi) is 9.13. The van der Waals surface area contributed by atoms with Gasteiger partial charge in [-0.25, -0.2) is 0 Å². The Bertz CT molecular complexity index is 126. The molecule has 0 heteroatoms. The summed E-state index contributed by atoms with van der Waals surface area (Å²) in [6.45, 7) is 10.8. The number of hydrogen-bond acceptors (Lipinski definition) is 0. The Balaban J connectivity index is 3.37. The van der Waals surface area contributed by atoms with Gasteiger partial charge in [0.25, 0.3) is 0 Å². The average molecular weight is 196 g/mol. The minimum Gasteiger partial charge on any atom is -0.103 e. The molecule has 0 saturated heterocycles. The van der Waals surface area contributed by atoms with Gasteiger partial charge in [0.2, 0.25) is 0 Å². The topological polar surface area (TPSA) is 0 Å². The first kappa shape index (κ1) is 13.7. The summed E-state index contributed by atoms with van der Waals surface area (Å²) in [6, 6.07) is 0. The molecule has 0 amide bonds. The van der Waals surface area contributed by atoms with Crippen molar-refractivity contribution in [2.45, 2.75) is 65.7 Å². The minimum atomic E-state index is 0.775. The highest BCUT2D eigenvalue weighted by Crippen LogP contribution is 2.18. The van der Waals surface area contributed by atoms with Crippen molar-refractivity contribution in [2.75, 3.05) is 0 Å². The fourth-order valence-corrected chi connectivity index (χ4v) is 1.85. The number of unbranched alkanes of at least 4 members (excludes halogenated alkanes) is 1. The third-order valence-corrected chi connectivity index (χ3v) is 3.21. The summed E-state index contributed by atoms with van der Waals surface area (Å²) in [5.74, 6) is 1.69. The second kappa shape index (κ2) is 9.30. The Labute approximate surface area is 90.8 Å². The Hall–Kier alpha value is -0.260. The van der Waals surface area contributed by atoms with Crippen molar-refractivity contribution >= 4 is 0 Å². The molecular formula is C14H28. The number of hydrogen-bond donors (Lipinski definition) is 0. The second-order valence-corrected chi connectivity index (χ2v) is 4.58. The predicted octanol–water partition coefficient (Wildman–Crippen LogP) is 5.20. The maximum Gasteiger partial charge on any atom is -0.0236 e. The summed E-state index contributed by atoms with van der Waals surface area (Å²) in [4.78, 5) is 0. The van der Waals surface area contributed by atoms with E-state index < -0.39 is 0 Å². The van der Waals surface area contributed by atoms with Gasteiger partial charge in [0, 0.05) is 0 Å². The zero-order chi connectivity index (χ0) is 10.8. The van der Waals surface area contributed by atoms with E-state index in [9.17, 15) is 0 Å². The summed E-state index contributed by atoms with van der Waals surface area (Å²) in [7, 11) is 0. The quantitative estimate of drug-likeness (QED) is 0.351. The standard InChI is InChI=1S/C14H28/c1-5-10-14(7-3)12-9-8-11-13(4)6-2/h7,13-14H,3,5-6,8-12H2,1-2,4H3. The van der Waals surface area contributed by atoms with E-state index in [1.165, 1.54) is 44.9 Å². The molecule has 0 aliphatic rings. The lowest BCUT2D eigenvalue weighted by atomic mass is 9.94. The molecule has 2 unspecified atom stereocenters. The van der Waals surface area contributed by atoms with Crippen LogP contribution >= 0.6 is 0 Å². The third kappa shape index (κ3) is 7.17. The lowest BCUT2D eigenvalue weighted by Crippen LogP contribution is -1.97. The van der Waals surface area contributed by atoms with Gasteiger partial charge in [0.15, 0.2) is 0 Å². The normalized spacial score (nSPS) is 15.1. The summed E-state index contributed by atoms with van der Waals surface area (Å²) < 4.78 is 0. The van der Waals surface area contributed by atoms with E-state index in [1.807, 2.05) is 0 Å². The molecule has 84 valence electrons. The van der Waals surface area contributed by atoms with Gasteiger partial charge < -0.3 is 0 Å². The van der Waals surface area contributed by atoms with Crippen molar-refractivity contribution in [3.05, 3.63) is 12.7 Å². The van der Waals surface area contributed by atoms with Crippen LogP contribution in [0.5, 0.6) is 0 Å². The molecule has 0 nitrogen and oxygen atoms in total. The molecule has 0 radical (unpaired) electrons. The van der Waals surface area contributed by atoms with Crippen LogP contribution in [0.4, 0.5) is 0 Å². The van der Waals surface area contributed by atoms with Gasteiger partial charge in [-0.1, -0.05) is 59.0 Å². The lowest BCUT2D eigenvalue weighted by molar-refractivity contribution is 0.446. The highest BCUT2D eigenvalue weighted by atomic mass is 14.1. The molecule has 0 aromatic carbocycles. The Morgan fingerprint density at radius 3 is 2.21 bits per heavy atom. The van der Waals surface area contributed by atoms with Crippen LogP contribution in [0.1, 0.15) is 65.7 Å². The van der Waals surface area contributed by atoms with Crippen molar-refractivity contribution < 1.29 is 0 Å². The van der Waals surface area contributed by atoms with Crippen molar-refractivity contribution in [3.8, 4) is 0 Å². The van der Waals surface area contributed by atoms with Crippen molar-refractivity contribution in [2.24, 2.45) is 11.8 Å². The largest absolute Gasteiger partial charge is 0.103 e. The summed E-state index contributed by atoms with van der Waals surface area (Å²) >= 11 is 0. The van der Waals surface area contributed by atoms with Crippen LogP contribution in [-0.4, -0.2) is 0 Å². The minimum absolute atomic E-state index is 0.775. The highest BCUT2D eigenvalue weighted by molar-refractivity contribution is 4.78. The van der Waals surface area contributed by atoms with Gasteiger partial charge in [0.05, 0.1) is 0 Å². The third-order valence-electron chi connectivity index (χ3n) is 3.21. The summed E-state index contributed by atoms with van der Waals surface area (Å²) in [5, 5.41) is 0. The van der Waals surface area contributed by atoms with Gasteiger partial charge >= 0.3 is 0 Å². The van der Waals surface area contributed by atoms with Gasteiger partial charge in [-0.3, -0.25) is 0 Å². The average Bonchev–Trinajstić information content (AvgIpc) is 2.22. The molecule has 0 saturated carbocycles. The highest BCUT2D eigenvalue weighted by Gasteiger charge is 2.03. The molecule has 0 aliphatic carbocycles. The molecule has 0 fully saturated rings. The molecular weight excluding hydrogens is 168 g/mol. The molecule has 0 aliphatic heterocycles. The smallest absolute Gasteiger partial charge is 0.0236 e. The number of rotatable bonds is 9. The monoisotopic (exact) mass is 196 g/mol. The summed E-state index contributed by atoms with van der Waals surface area (Å²) in [5.41, 5.74) is 0. The van der Waals surface area contributed by atoms with E-state index in [1.54, 1.807) is 0 Å². The maximum atomic E-state index is 3.91. The first-order chi connectivity index (χ1) is 6.74. The van der Waals surface area contributed by atoms with Gasteiger partial charge in [-0.15, -0.1) is 6.58 Å². The molecule has 0 spiro atoms. The van der Waals surface area contributed by atoms with Crippen LogP contribution in [0.3, 0.4) is 0 Å². The first-order valence-electron chi connectivity index (χ1n) is 6.37. The van der Waals surface area contributed by atoms with E-state index in [0.717, 1.165) is 11.8 Å². The molecule has 0 aromatic rings. The fourth-order valence-electron chi connectivity index (χ4n) is 1.85. The van der Waals surface area contributed by atoms with E-state index >= 15 is 0 Å². The molecule has 2 atom stereocenters. The van der Waals surface area contributed by atoms with E-state index in [0.29, 0.717) is 0 Å². The molecule has 0 bridgehead atoms. The summed E-state index contributed by atoms with van der Waals surface area (Å²) in [6.07, 6.45) is 11.7. The van der Waals surface area contributed by atoms with Gasteiger partial charge in [0.1, 0.15) is 0 Å². The van der Waals surface area contributed by atoms with Crippen molar-refractivity contribution in [1.82, 2.24) is 0 Å². The number of allylic oxidation sites excluding steroid dienone is 1. The Morgan fingerprint density at radius 2 is 1.71 bits per heavy atom. The van der Waals surface area contributed by atoms with Crippen molar-refractivity contribution in [1.29, 1.82) is 0 Å². The van der Waals surface area contributed by atoms with E-state index in [2.05, 4.69) is 33.4 Å². The van der Waals surface area contributed by atoms with Crippen LogP contribution in [-0.2, 0) is 0 Å². The fraction of sp³-hybridized carbons (Fsp3) is 0.857. The molecule has 14 heavy (non-hydrogen) atoms. The van der Waals surface area contributed by atoms with E-state index in [4.69, 9.17) is 0 Å². The zero-order valence-corrected chi connectivity index (χ0v) is 10.4. The van der Waals surface area contributed by atoms with Crippen molar-refractivity contribution in [3.63, 3.8) is 0 Å². The SMILES string of the molecule is C=CC(CCC)CCCCC(C)CC. The van der Waals surface area contributed by atoms with Crippen LogP contribution < -0.4 is 0 Å². The lowest BCUT2D eigenvalue weighted by Gasteiger charge is -2.12. The van der Waals surface area contributed by atoms with Gasteiger partial charge in [-0.05, 0) is 24.7 Å². The molecule has 0 N–H and O–H groups in total. The second-order valence-electron chi connectivity index (χ2n) is 4.58. The van der Waals surface area contributed by atoms with Crippen LogP contribution in [0.2, 0.25) is 0 Å². The maximum absolute atomic E-state index is 3.91. The van der Waals surface area contributed by atoms with E-state index in [-0.39, 0.29) is 0 Å². The molecule has 0 aromatic heterocycles. The van der Waals surface area contributed by atoms with Gasteiger partial charge in [-0.2, -0.15) is 0 Å². The van der Waals surface area contributed by atoms with Crippen LogP contribution in [0.25, 0.3) is 0 Å². The Morgan fingerprint density at radius 1 is 1.07 bits per heavy atom. The molecule has 0 heterocycles. The molecule has 0 rings (SSSR count). The van der Waals surface area contributed by atoms with Crippen LogP contribution in [0, 0.1) is 11.8 Å². The predicted molar refractivity (Wildman–Crippen MR) is 66.5 cm³/mol. The zero-order valence-electron chi connectivity index (χ0n) is 10.4. The first-order valence-corrected chi connectivity index (χ1v) is 6.37. The van der Waals surface area contributed by atoms with Crippen LogP contribution in [0.15, 0.2) is 12.7 Å².